The molecule has 0 rings (SSSR count). The predicted octanol–water partition coefficient (Wildman–Crippen LogP) is 2.45. The van der Waals surface area contributed by atoms with Gasteiger partial charge in [0.25, 0.3) is 0 Å². The Labute approximate surface area is 57.9 Å². The van der Waals surface area contributed by atoms with Crippen molar-refractivity contribution in [2.45, 2.75) is 10.6 Å². The molecule has 0 radical (unpaired) electrons. The molecule has 0 amide bonds. The molecule has 0 aromatic carbocycles. The number of alkyl halides is 5. The number of rotatable bonds is 2. The molecule has 0 saturated carbocycles. The van der Waals surface area contributed by atoms with Crippen LogP contribution in [0.2, 0.25) is 0 Å². The summed E-state index contributed by atoms with van der Waals surface area (Å²) in [6.45, 7) is 0. The molecule has 0 aliphatic rings. The molecule has 2 nitrogen and oxygen atoms in total. The highest BCUT2D eigenvalue weighted by atomic mass is 35.5. The van der Waals surface area contributed by atoms with E-state index in [0.29, 0.717) is 0 Å². The van der Waals surface area contributed by atoms with E-state index in [0.717, 1.165) is 0 Å². The average molecular weight is 182 g/mol. The highest BCUT2D eigenvalue weighted by molar-refractivity contribution is 6.32. The summed E-state index contributed by atoms with van der Waals surface area (Å²) in [5.41, 5.74) is 0. The van der Waals surface area contributed by atoms with Crippen molar-refractivity contribution >= 4 is 23.2 Å². The molecule has 9 heavy (non-hydrogen) atoms. The summed E-state index contributed by atoms with van der Waals surface area (Å²) in [6, 6.07) is 0. The second kappa shape index (κ2) is 2.30. The molecule has 1 atom stereocenters. The third-order valence-corrected chi connectivity index (χ3v) is 1.11. The van der Waals surface area contributed by atoms with Crippen LogP contribution in [0.25, 0.3) is 0 Å². The summed E-state index contributed by atoms with van der Waals surface area (Å²) in [6.07, 6.45) is 0. The van der Waals surface area contributed by atoms with Gasteiger partial charge >= 0.3 is 10.6 Å². The lowest BCUT2D eigenvalue weighted by Gasteiger charge is -2.13. The summed E-state index contributed by atoms with van der Waals surface area (Å²) in [5.74, 6) is 0. The van der Waals surface area contributed by atoms with Crippen molar-refractivity contribution < 1.29 is 13.2 Å². The van der Waals surface area contributed by atoms with Gasteiger partial charge in [-0.2, -0.15) is 13.2 Å². The molecule has 0 N–H and O–H groups in total. The predicted molar refractivity (Wildman–Crippen MR) is 26.3 cm³/mol. The minimum Gasteiger partial charge on any atom is -0.187 e. The van der Waals surface area contributed by atoms with E-state index in [9.17, 15) is 13.2 Å². The minimum atomic E-state index is -4.46. The second-order valence-corrected chi connectivity index (χ2v) is 2.11. The van der Waals surface area contributed by atoms with Crippen molar-refractivity contribution in [3.8, 4) is 0 Å². The molecule has 7 heteroatoms. The van der Waals surface area contributed by atoms with E-state index in [1.807, 2.05) is 0 Å². The average Bonchev–Trinajstić information content (AvgIpc) is 1.64. The number of nitroso groups, excluding NO2 is 1. The summed E-state index contributed by atoms with van der Waals surface area (Å²) >= 11 is 8.16. The van der Waals surface area contributed by atoms with Crippen LogP contribution >= 0.6 is 23.2 Å². The molecular weight excluding hydrogens is 182 g/mol. The SMILES string of the molecule is O=NC(F)(Cl)C(F)(F)Cl. The second-order valence-electron chi connectivity index (χ2n) is 1.13. The van der Waals surface area contributed by atoms with Gasteiger partial charge in [-0.25, -0.2) is 0 Å². The molecule has 54 valence electrons. The van der Waals surface area contributed by atoms with Crippen LogP contribution in [0.1, 0.15) is 0 Å². The number of halogens is 5. The fourth-order valence-corrected chi connectivity index (χ4v) is 0.0863. The maximum absolute atomic E-state index is 11.7. The van der Waals surface area contributed by atoms with Crippen LogP contribution in [-0.2, 0) is 0 Å². The minimum absolute atomic E-state index is 1.26. The van der Waals surface area contributed by atoms with Crippen molar-refractivity contribution in [1.29, 1.82) is 0 Å². The van der Waals surface area contributed by atoms with Crippen LogP contribution < -0.4 is 0 Å². The smallest absolute Gasteiger partial charge is 0.187 e. The van der Waals surface area contributed by atoms with Crippen molar-refractivity contribution in [2.75, 3.05) is 0 Å². The molecule has 0 fully saturated rings. The zero-order chi connectivity index (χ0) is 7.71. The molecule has 0 saturated heterocycles. The quantitative estimate of drug-likeness (QED) is 0.366. The maximum atomic E-state index is 11.7. The Hall–Kier alpha value is -0.0300. The zero-order valence-corrected chi connectivity index (χ0v) is 5.26. The Morgan fingerprint density at radius 1 is 1.22 bits per heavy atom. The van der Waals surface area contributed by atoms with E-state index in [1.165, 1.54) is 5.18 Å². The van der Waals surface area contributed by atoms with Crippen molar-refractivity contribution in [3.05, 3.63) is 4.91 Å². The summed E-state index contributed by atoms with van der Waals surface area (Å²) in [5, 5.41) is -7.25. The lowest BCUT2D eigenvalue weighted by Crippen LogP contribution is -2.31. The first-order valence-corrected chi connectivity index (χ1v) is 2.36. The Balaban J connectivity index is 4.32. The van der Waals surface area contributed by atoms with Gasteiger partial charge in [-0.3, -0.25) is 0 Å². The van der Waals surface area contributed by atoms with Crippen LogP contribution in [0.4, 0.5) is 13.2 Å². The number of nitrogens with zero attached hydrogens (tertiary/aromatic N) is 1. The van der Waals surface area contributed by atoms with Crippen LogP contribution in [0.3, 0.4) is 0 Å². The van der Waals surface area contributed by atoms with E-state index in [4.69, 9.17) is 4.91 Å². The first kappa shape index (κ1) is 8.97. The van der Waals surface area contributed by atoms with Gasteiger partial charge in [0.2, 0.25) is 0 Å². The van der Waals surface area contributed by atoms with Crippen molar-refractivity contribution in [1.82, 2.24) is 0 Å². The fourth-order valence-electron chi connectivity index (χ4n) is 0.0518. The Morgan fingerprint density at radius 2 is 1.56 bits per heavy atom. The van der Waals surface area contributed by atoms with E-state index in [1.54, 1.807) is 0 Å². The molecular formula is C2Cl2F3NO. The van der Waals surface area contributed by atoms with Gasteiger partial charge < -0.3 is 0 Å². The largest absolute Gasteiger partial charge is 0.393 e. The summed E-state index contributed by atoms with van der Waals surface area (Å²) in [7, 11) is 0. The van der Waals surface area contributed by atoms with Gasteiger partial charge in [0.15, 0.2) is 0 Å². The number of hydrogen-bond acceptors (Lipinski definition) is 2. The van der Waals surface area contributed by atoms with Crippen LogP contribution in [0.5, 0.6) is 0 Å². The van der Waals surface area contributed by atoms with Crippen molar-refractivity contribution in [2.24, 2.45) is 5.18 Å². The summed E-state index contributed by atoms with van der Waals surface area (Å²) < 4.78 is 34.7. The van der Waals surface area contributed by atoms with Gasteiger partial charge in [-0.05, 0) is 28.4 Å². The van der Waals surface area contributed by atoms with Crippen LogP contribution in [-0.4, -0.2) is 10.6 Å². The number of hydrogen-bond donors (Lipinski definition) is 0. The molecule has 0 heterocycles. The van der Waals surface area contributed by atoms with Gasteiger partial charge in [0.05, 0.1) is 0 Å². The standard InChI is InChI=1S/C2Cl2F3NO/c3-1(5,6)2(4,7)8-9. The molecule has 0 aliphatic carbocycles. The Kier molecular flexibility index (Phi) is 2.29. The molecule has 0 aliphatic heterocycles. The van der Waals surface area contributed by atoms with E-state index in [-0.39, 0.29) is 0 Å². The Morgan fingerprint density at radius 3 is 1.56 bits per heavy atom. The van der Waals surface area contributed by atoms with E-state index < -0.39 is 10.6 Å². The van der Waals surface area contributed by atoms with E-state index >= 15 is 0 Å². The first-order chi connectivity index (χ1) is 3.81. The molecule has 1 unspecified atom stereocenters. The topological polar surface area (TPSA) is 29.4 Å². The highest BCUT2D eigenvalue weighted by Gasteiger charge is 2.54. The van der Waals surface area contributed by atoms with Crippen LogP contribution in [0.15, 0.2) is 5.18 Å². The lowest BCUT2D eigenvalue weighted by atomic mass is 10.6. The van der Waals surface area contributed by atoms with Gasteiger partial charge in [0.1, 0.15) is 0 Å². The molecule has 0 aromatic heterocycles. The molecule has 0 spiro atoms. The first-order valence-electron chi connectivity index (χ1n) is 1.60. The summed E-state index contributed by atoms with van der Waals surface area (Å²) in [4.78, 5) is 9.15. The van der Waals surface area contributed by atoms with Gasteiger partial charge in [-0.1, -0.05) is 0 Å². The zero-order valence-electron chi connectivity index (χ0n) is 3.75. The van der Waals surface area contributed by atoms with E-state index in [2.05, 4.69) is 23.2 Å². The lowest BCUT2D eigenvalue weighted by molar-refractivity contribution is -0.0155. The highest BCUT2D eigenvalue weighted by Crippen LogP contribution is 2.40. The third kappa shape index (κ3) is 1.98. The van der Waals surface area contributed by atoms with Crippen molar-refractivity contribution in [3.63, 3.8) is 0 Å². The normalized spacial score (nSPS) is 18.8. The maximum Gasteiger partial charge on any atom is 0.393 e. The molecule has 0 bridgehead atoms. The third-order valence-electron chi connectivity index (χ3n) is 0.456. The van der Waals surface area contributed by atoms with Gasteiger partial charge in [-0.15, -0.1) is 4.91 Å². The fraction of sp³-hybridized carbons (Fsp3) is 1.00. The van der Waals surface area contributed by atoms with Gasteiger partial charge in [0, 0.05) is 0 Å². The Bertz CT molecular complexity index is 121. The van der Waals surface area contributed by atoms with Crippen LogP contribution in [0, 0.1) is 4.91 Å². The molecule has 0 aromatic rings. The monoisotopic (exact) mass is 181 g/mol.